The smallest absolute Gasteiger partial charge is 0.131 e. The fraction of sp³-hybridized carbons (Fsp3) is 0.0714. The third kappa shape index (κ3) is 3.69. The summed E-state index contributed by atoms with van der Waals surface area (Å²) in [4.78, 5) is 4.36. The molecule has 0 saturated carbocycles. The van der Waals surface area contributed by atoms with Gasteiger partial charge in [0.05, 0.1) is 6.54 Å². The average Bonchev–Trinajstić information content (AvgIpc) is 2.38. The van der Waals surface area contributed by atoms with Crippen molar-refractivity contribution in [2.75, 3.05) is 0 Å². The Balaban J connectivity index is 2.10. The molecule has 0 amide bonds. The number of rotatable bonds is 3. The van der Waals surface area contributed by atoms with E-state index < -0.39 is 0 Å². The fourth-order valence-corrected chi connectivity index (χ4v) is 1.87. The molecule has 0 aliphatic rings. The Kier molecular flexibility index (Phi) is 4.35. The monoisotopic (exact) mass is 307 g/mol. The summed E-state index contributed by atoms with van der Waals surface area (Å²) in [5.41, 5.74) is 2.09. The predicted molar refractivity (Wildman–Crippen MR) is 76.7 cm³/mol. The Morgan fingerprint density at radius 1 is 1.00 bits per heavy atom. The van der Waals surface area contributed by atoms with E-state index in [1.165, 1.54) is 0 Å². The van der Waals surface area contributed by atoms with E-state index in [2.05, 4.69) is 20.9 Å². The van der Waals surface area contributed by atoms with Crippen LogP contribution in [0.15, 0.2) is 64.1 Å². The summed E-state index contributed by atoms with van der Waals surface area (Å²) in [6.45, 7) is 0.607. The van der Waals surface area contributed by atoms with Gasteiger partial charge in [-0.05, 0) is 17.7 Å². The quantitative estimate of drug-likeness (QED) is 0.733. The molecule has 0 heterocycles. The van der Waals surface area contributed by atoms with Gasteiger partial charge in [-0.3, -0.25) is 4.99 Å². The molecule has 0 N–H and O–H groups in total. The van der Waals surface area contributed by atoms with E-state index in [9.17, 15) is 0 Å². The Labute approximate surface area is 114 Å². The van der Waals surface area contributed by atoms with Crippen LogP contribution >= 0.6 is 27.5 Å². The highest BCUT2D eigenvalue weighted by Crippen LogP contribution is 2.13. The Hall–Kier alpha value is -1.12. The molecule has 2 aromatic carbocycles. The number of aliphatic imine (C=N–C) groups is 1. The van der Waals surface area contributed by atoms with Crippen molar-refractivity contribution in [1.82, 2.24) is 0 Å². The molecule has 2 rings (SSSR count). The van der Waals surface area contributed by atoms with Crippen molar-refractivity contribution < 1.29 is 0 Å². The van der Waals surface area contributed by atoms with E-state index in [1.54, 1.807) is 0 Å². The lowest BCUT2D eigenvalue weighted by molar-refractivity contribution is 1.07. The maximum atomic E-state index is 6.14. The van der Waals surface area contributed by atoms with Crippen LogP contribution < -0.4 is 0 Å². The Morgan fingerprint density at radius 2 is 1.65 bits per heavy atom. The Morgan fingerprint density at radius 3 is 2.29 bits per heavy atom. The van der Waals surface area contributed by atoms with Gasteiger partial charge in [0.1, 0.15) is 5.17 Å². The fourth-order valence-electron chi connectivity index (χ4n) is 1.42. The number of benzene rings is 2. The summed E-state index contributed by atoms with van der Waals surface area (Å²) >= 11 is 9.53. The minimum Gasteiger partial charge on any atom is -0.268 e. The minimum atomic E-state index is 0.543. The summed E-state index contributed by atoms with van der Waals surface area (Å²) in [6, 6.07) is 17.9. The molecule has 0 spiro atoms. The molecular weight excluding hydrogens is 298 g/mol. The van der Waals surface area contributed by atoms with Crippen LogP contribution in [0.3, 0.4) is 0 Å². The molecule has 0 aliphatic carbocycles. The van der Waals surface area contributed by atoms with E-state index in [0.29, 0.717) is 11.7 Å². The average molecular weight is 309 g/mol. The van der Waals surface area contributed by atoms with Crippen LogP contribution in [0, 0.1) is 0 Å². The first-order valence-corrected chi connectivity index (χ1v) is 6.42. The number of hydrogen-bond donors (Lipinski definition) is 0. The molecule has 0 aromatic heterocycles. The molecule has 1 nitrogen and oxygen atoms in total. The molecule has 3 heteroatoms. The van der Waals surface area contributed by atoms with E-state index in [4.69, 9.17) is 11.6 Å². The standard InChI is InChI=1S/C14H11BrClN/c15-13-8-6-12(7-9-13)14(16)17-10-11-4-2-1-3-5-11/h1-9H,10H2. The van der Waals surface area contributed by atoms with Crippen molar-refractivity contribution in [3.05, 3.63) is 70.2 Å². The predicted octanol–water partition coefficient (Wildman–Crippen LogP) is 4.63. The van der Waals surface area contributed by atoms with Gasteiger partial charge >= 0.3 is 0 Å². The first-order valence-electron chi connectivity index (χ1n) is 5.25. The molecule has 0 bridgehead atoms. The number of hydrogen-bond acceptors (Lipinski definition) is 1. The van der Waals surface area contributed by atoms with Gasteiger partial charge in [-0.2, -0.15) is 0 Å². The molecule has 0 atom stereocenters. The van der Waals surface area contributed by atoms with E-state index >= 15 is 0 Å². The summed E-state index contributed by atoms with van der Waals surface area (Å²) < 4.78 is 1.04. The van der Waals surface area contributed by atoms with Crippen LogP contribution in [0.5, 0.6) is 0 Å². The lowest BCUT2D eigenvalue weighted by Crippen LogP contribution is -1.92. The molecule has 0 aliphatic heterocycles. The molecule has 0 radical (unpaired) electrons. The van der Waals surface area contributed by atoms with Crippen LogP contribution in [0.4, 0.5) is 0 Å². The summed E-state index contributed by atoms with van der Waals surface area (Å²) in [6.07, 6.45) is 0. The van der Waals surface area contributed by atoms with Crippen molar-refractivity contribution >= 4 is 32.7 Å². The maximum absolute atomic E-state index is 6.14. The lowest BCUT2D eigenvalue weighted by atomic mass is 10.2. The van der Waals surface area contributed by atoms with Crippen LogP contribution in [0.2, 0.25) is 0 Å². The first kappa shape index (κ1) is 12.3. The van der Waals surface area contributed by atoms with Gasteiger partial charge in [-0.25, -0.2) is 0 Å². The molecular formula is C14H11BrClN. The van der Waals surface area contributed by atoms with Gasteiger partial charge < -0.3 is 0 Å². The second kappa shape index (κ2) is 5.99. The molecule has 86 valence electrons. The highest BCUT2D eigenvalue weighted by molar-refractivity contribution is 9.10. The summed E-state index contributed by atoms with van der Waals surface area (Å²) in [5, 5.41) is 0.543. The zero-order valence-corrected chi connectivity index (χ0v) is 11.4. The zero-order chi connectivity index (χ0) is 12.1. The maximum Gasteiger partial charge on any atom is 0.131 e. The topological polar surface area (TPSA) is 12.4 Å². The van der Waals surface area contributed by atoms with E-state index in [-0.39, 0.29) is 0 Å². The highest BCUT2D eigenvalue weighted by Gasteiger charge is 1.99. The van der Waals surface area contributed by atoms with Gasteiger partial charge in [0.2, 0.25) is 0 Å². The van der Waals surface area contributed by atoms with E-state index in [1.807, 2.05) is 54.6 Å². The van der Waals surface area contributed by atoms with Gasteiger partial charge in [-0.15, -0.1) is 0 Å². The zero-order valence-electron chi connectivity index (χ0n) is 9.11. The number of nitrogens with zero attached hydrogens (tertiary/aromatic N) is 1. The number of halogens is 2. The molecule has 0 saturated heterocycles. The van der Waals surface area contributed by atoms with Crippen LogP contribution in [0.1, 0.15) is 11.1 Å². The van der Waals surface area contributed by atoms with Crippen molar-refractivity contribution in [2.45, 2.75) is 6.54 Å². The normalized spacial score (nSPS) is 11.5. The van der Waals surface area contributed by atoms with Crippen molar-refractivity contribution in [2.24, 2.45) is 4.99 Å². The lowest BCUT2D eigenvalue weighted by Gasteiger charge is -2.00. The van der Waals surface area contributed by atoms with Crippen LogP contribution in [0.25, 0.3) is 0 Å². The second-order valence-electron chi connectivity index (χ2n) is 3.60. The van der Waals surface area contributed by atoms with Gasteiger partial charge in [0.25, 0.3) is 0 Å². The largest absolute Gasteiger partial charge is 0.268 e. The van der Waals surface area contributed by atoms with Crippen LogP contribution in [-0.2, 0) is 6.54 Å². The van der Waals surface area contributed by atoms with Gasteiger partial charge in [-0.1, -0.05) is 70.0 Å². The third-order valence-electron chi connectivity index (χ3n) is 2.33. The van der Waals surface area contributed by atoms with Crippen molar-refractivity contribution in [3.63, 3.8) is 0 Å². The van der Waals surface area contributed by atoms with Gasteiger partial charge in [0.15, 0.2) is 0 Å². The Bertz CT molecular complexity index is 506. The molecule has 17 heavy (non-hydrogen) atoms. The third-order valence-corrected chi connectivity index (χ3v) is 3.19. The van der Waals surface area contributed by atoms with Crippen molar-refractivity contribution in [3.8, 4) is 0 Å². The summed E-state index contributed by atoms with van der Waals surface area (Å²) in [5.74, 6) is 0. The SMILES string of the molecule is ClC(=NCc1ccccc1)c1ccc(Br)cc1. The van der Waals surface area contributed by atoms with Crippen molar-refractivity contribution in [1.29, 1.82) is 0 Å². The minimum absolute atomic E-state index is 0.543. The highest BCUT2D eigenvalue weighted by atomic mass is 79.9. The summed E-state index contributed by atoms with van der Waals surface area (Å²) in [7, 11) is 0. The molecule has 2 aromatic rings. The second-order valence-corrected chi connectivity index (χ2v) is 4.87. The van der Waals surface area contributed by atoms with E-state index in [0.717, 1.165) is 15.6 Å². The van der Waals surface area contributed by atoms with Crippen LogP contribution in [-0.4, -0.2) is 5.17 Å². The molecule has 0 fully saturated rings. The van der Waals surface area contributed by atoms with Gasteiger partial charge in [0, 0.05) is 10.0 Å². The molecule has 0 unspecified atom stereocenters. The first-order chi connectivity index (χ1) is 8.25.